The van der Waals surface area contributed by atoms with Crippen molar-refractivity contribution in [3.8, 4) is 0 Å². The molecule has 2 heterocycles. The van der Waals surface area contributed by atoms with Crippen LogP contribution in [0.25, 0.3) is 0 Å². The van der Waals surface area contributed by atoms with E-state index in [4.69, 9.17) is 0 Å². The number of benzene rings is 1. The highest BCUT2D eigenvalue weighted by atomic mass is 32.2. The summed E-state index contributed by atoms with van der Waals surface area (Å²) in [5.74, 6) is 1.03. The topological polar surface area (TPSA) is 59.8 Å². The van der Waals surface area contributed by atoms with Gasteiger partial charge in [-0.3, -0.25) is 14.7 Å². The molecule has 2 aromatic rings. The van der Waals surface area contributed by atoms with Crippen LogP contribution < -0.4 is 5.32 Å². The second-order valence-electron chi connectivity index (χ2n) is 4.51. The summed E-state index contributed by atoms with van der Waals surface area (Å²) in [4.78, 5) is 12.0. The number of aromatic nitrogens is 3. The number of nitrogens with zero attached hydrogens (tertiary/aromatic N) is 3. The minimum atomic E-state index is -0.308. The lowest BCUT2D eigenvalue weighted by Crippen LogP contribution is -2.19. The third-order valence-corrected chi connectivity index (χ3v) is 4.06. The number of anilines is 1. The van der Waals surface area contributed by atoms with E-state index in [0.717, 1.165) is 29.4 Å². The van der Waals surface area contributed by atoms with Gasteiger partial charge in [0.1, 0.15) is 5.82 Å². The Morgan fingerprint density at radius 2 is 2.15 bits per heavy atom. The fraction of sp³-hybridized carbons (Fsp3) is 0.308. The Balaban J connectivity index is 1.67. The van der Waals surface area contributed by atoms with Gasteiger partial charge < -0.3 is 0 Å². The molecule has 0 atom stereocenters. The highest BCUT2D eigenvalue weighted by Crippen LogP contribution is 2.25. The summed E-state index contributed by atoms with van der Waals surface area (Å²) in [6, 6.07) is 5.89. The molecule has 1 aromatic heterocycles. The zero-order valence-corrected chi connectivity index (χ0v) is 11.5. The predicted molar refractivity (Wildman–Crippen MR) is 74.1 cm³/mol. The predicted octanol–water partition coefficient (Wildman–Crippen LogP) is 2.09. The van der Waals surface area contributed by atoms with Crippen molar-refractivity contribution in [2.45, 2.75) is 24.5 Å². The minimum absolute atomic E-state index is 0.178. The first-order valence-electron chi connectivity index (χ1n) is 6.33. The lowest BCUT2D eigenvalue weighted by atomic mass is 10.1. The summed E-state index contributed by atoms with van der Waals surface area (Å²) in [7, 11) is 0. The molecule has 7 heteroatoms. The van der Waals surface area contributed by atoms with Crippen molar-refractivity contribution in [2.24, 2.45) is 0 Å². The van der Waals surface area contributed by atoms with Gasteiger partial charge in [-0.2, -0.15) is 0 Å². The van der Waals surface area contributed by atoms with E-state index in [1.807, 2.05) is 4.57 Å². The van der Waals surface area contributed by atoms with Crippen LogP contribution in [-0.2, 0) is 17.8 Å². The van der Waals surface area contributed by atoms with Gasteiger partial charge in [0.25, 0.3) is 0 Å². The molecular weight excluding hydrogens is 279 g/mol. The Kier molecular flexibility index (Phi) is 3.68. The van der Waals surface area contributed by atoms with Gasteiger partial charge >= 0.3 is 0 Å². The highest BCUT2D eigenvalue weighted by molar-refractivity contribution is 7.99. The van der Waals surface area contributed by atoms with E-state index in [1.165, 1.54) is 12.1 Å². The Morgan fingerprint density at radius 1 is 1.35 bits per heavy atom. The number of carbonyl (C=O) groups is 1. The maximum atomic E-state index is 12.8. The lowest BCUT2D eigenvalue weighted by molar-refractivity contribution is -0.115. The molecule has 0 bridgehead atoms. The Labute approximate surface area is 119 Å². The fourth-order valence-corrected chi connectivity index (χ4v) is 2.92. The molecule has 0 saturated heterocycles. The van der Waals surface area contributed by atoms with Crippen LogP contribution in [0.3, 0.4) is 0 Å². The molecule has 1 N–H and O–H groups in total. The van der Waals surface area contributed by atoms with Crippen LogP contribution in [0.15, 0.2) is 29.4 Å². The Bertz CT molecular complexity index is 626. The summed E-state index contributed by atoms with van der Waals surface area (Å²) in [5.41, 5.74) is 0.761. The van der Waals surface area contributed by atoms with E-state index in [1.54, 1.807) is 23.9 Å². The molecule has 0 radical (unpaired) electrons. The van der Waals surface area contributed by atoms with Gasteiger partial charge in [0, 0.05) is 12.3 Å². The monoisotopic (exact) mass is 292 g/mol. The molecule has 0 unspecified atom stereocenters. The van der Waals surface area contributed by atoms with Crippen LogP contribution in [0.1, 0.15) is 12.0 Å². The first-order valence-corrected chi connectivity index (χ1v) is 7.31. The number of hydrogen-bond donors (Lipinski definition) is 1. The van der Waals surface area contributed by atoms with Crippen molar-refractivity contribution >= 4 is 23.6 Å². The lowest BCUT2D eigenvalue weighted by Gasteiger charge is -2.14. The van der Waals surface area contributed by atoms with Crippen molar-refractivity contribution in [1.82, 2.24) is 14.8 Å². The van der Waals surface area contributed by atoms with Crippen LogP contribution >= 0.6 is 11.8 Å². The third-order valence-electron chi connectivity index (χ3n) is 3.00. The summed E-state index contributed by atoms with van der Waals surface area (Å²) < 4.78 is 14.7. The molecule has 1 aromatic carbocycles. The summed E-state index contributed by atoms with van der Waals surface area (Å²) in [5, 5.41) is 11.6. The minimum Gasteiger partial charge on any atom is -0.294 e. The fourth-order valence-electron chi connectivity index (χ4n) is 2.03. The van der Waals surface area contributed by atoms with Crippen molar-refractivity contribution in [3.63, 3.8) is 0 Å². The Morgan fingerprint density at radius 3 is 2.95 bits per heavy atom. The molecule has 20 heavy (non-hydrogen) atoms. The van der Waals surface area contributed by atoms with Gasteiger partial charge in [-0.25, -0.2) is 4.39 Å². The summed E-state index contributed by atoms with van der Waals surface area (Å²) >= 11 is 1.64. The van der Waals surface area contributed by atoms with E-state index in [2.05, 4.69) is 15.5 Å². The van der Waals surface area contributed by atoms with E-state index >= 15 is 0 Å². The van der Waals surface area contributed by atoms with E-state index in [-0.39, 0.29) is 18.1 Å². The van der Waals surface area contributed by atoms with Gasteiger partial charge in [0.05, 0.1) is 6.42 Å². The molecule has 1 aliphatic heterocycles. The molecular formula is C13H13FN4OS. The molecule has 0 aliphatic carbocycles. The first kappa shape index (κ1) is 13.1. The standard InChI is InChI=1S/C13H13FN4OS/c14-10-4-2-9(3-5-10)8-11(19)15-12-16-17-13-18(12)6-1-7-20-13/h2-5H,1,6-8H2,(H,15,16,19). The first-order chi connectivity index (χ1) is 9.72. The second kappa shape index (κ2) is 5.62. The number of amides is 1. The van der Waals surface area contributed by atoms with Gasteiger partial charge in [0.2, 0.25) is 11.9 Å². The zero-order chi connectivity index (χ0) is 13.9. The highest BCUT2D eigenvalue weighted by Gasteiger charge is 2.17. The SMILES string of the molecule is O=C(Cc1ccc(F)cc1)Nc1nnc2n1CCCS2. The quantitative estimate of drug-likeness (QED) is 0.941. The molecule has 104 valence electrons. The normalized spacial score (nSPS) is 13.8. The van der Waals surface area contributed by atoms with Crippen LogP contribution in [0.5, 0.6) is 0 Å². The summed E-state index contributed by atoms with van der Waals surface area (Å²) in [6.07, 6.45) is 1.23. The average Bonchev–Trinajstić information content (AvgIpc) is 2.85. The number of carbonyl (C=O) groups excluding carboxylic acids is 1. The molecule has 1 amide bonds. The number of halogens is 1. The molecule has 5 nitrogen and oxygen atoms in total. The maximum Gasteiger partial charge on any atom is 0.231 e. The van der Waals surface area contributed by atoms with Crippen LogP contribution in [-0.4, -0.2) is 26.4 Å². The maximum absolute atomic E-state index is 12.8. The van der Waals surface area contributed by atoms with E-state index < -0.39 is 0 Å². The summed E-state index contributed by atoms with van der Waals surface area (Å²) in [6.45, 7) is 0.821. The van der Waals surface area contributed by atoms with Gasteiger partial charge in [-0.15, -0.1) is 10.2 Å². The van der Waals surface area contributed by atoms with Crippen molar-refractivity contribution in [3.05, 3.63) is 35.6 Å². The van der Waals surface area contributed by atoms with E-state index in [0.29, 0.717) is 5.95 Å². The van der Waals surface area contributed by atoms with Crippen molar-refractivity contribution < 1.29 is 9.18 Å². The average molecular weight is 292 g/mol. The molecule has 3 rings (SSSR count). The number of rotatable bonds is 3. The molecule has 0 saturated carbocycles. The second-order valence-corrected chi connectivity index (χ2v) is 5.57. The van der Waals surface area contributed by atoms with Crippen molar-refractivity contribution in [1.29, 1.82) is 0 Å². The van der Waals surface area contributed by atoms with Gasteiger partial charge in [0.15, 0.2) is 5.16 Å². The molecule has 0 fully saturated rings. The van der Waals surface area contributed by atoms with Crippen LogP contribution in [0.2, 0.25) is 0 Å². The van der Waals surface area contributed by atoms with Gasteiger partial charge in [-0.1, -0.05) is 23.9 Å². The largest absolute Gasteiger partial charge is 0.294 e. The Hall–Kier alpha value is -1.89. The zero-order valence-electron chi connectivity index (χ0n) is 10.7. The van der Waals surface area contributed by atoms with Crippen LogP contribution in [0.4, 0.5) is 10.3 Å². The van der Waals surface area contributed by atoms with Crippen molar-refractivity contribution in [2.75, 3.05) is 11.1 Å². The van der Waals surface area contributed by atoms with Gasteiger partial charge in [-0.05, 0) is 24.1 Å². The third kappa shape index (κ3) is 2.82. The number of nitrogens with one attached hydrogen (secondary N) is 1. The number of thioether (sulfide) groups is 1. The number of hydrogen-bond acceptors (Lipinski definition) is 4. The number of fused-ring (bicyclic) bond motifs is 1. The smallest absolute Gasteiger partial charge is 0.231 e. The molecule has 0 spiro atoms. The molecule has 1 aliphatic rings. The van der Waals surface area contributed by atoms with E-state index in [9.17, 15) is 9.18 Å². The van der Waals surface area contributed by atoms with Crippen LogP contribution in [0, 0.1) is 5.82 Å².